The van der Waals surface area contributed by atoms with Crippen LogP contribution in [0.4, 0.5) is 4.39 Å². The highest BCUT2D eigenvalue weighted by Gasteiger charge is 2.18. The zero-order valence-corrected chi connectivity index (χ0v) is 11.3. The fraction of sp³-hybridized carbons (Fsp3) is 0.0588. The molecule has 0 aliphatic heterocycles. The lowest BCUT2D eigenvalue weighted by Crippen LogP contribution is -2.03. The molecule has 0 fully saturated rings. The van der Waals surface area contributed by atoms with E-state index in [0.29, 0.717) is 5.56 Å². The summed E-state index contributed by atoms with van der Waals surface area (Å²) in [4.78, 5) is 0. The fourth-order valence-corrected chi connectivity index (χ4v) is 2.57. The molecule has 0 aromatic heterocycles. The van der Waals surface area contributed by atoms with Crippen LogP contribution in [-0.2, 0) is 0 Å². The van der Waals surface area contributed by atoms with Gasteiger partial charge in [0, 0.05) is 5.56 Å². The maximum atomic E-state index is 14.0. The molecule has 0 aliphatic rings. The van der Waals surface area contributed by atoms with Gasteiger partial charge >= 0.3 is 0 Å². The van der Waals surface area contributed by atoms with Crippen LogP contribution in [0.25, 0.3) is 10.8 Å². The molecule has 3 rings (SSSR count). The van der Waals surface area contributed by atoms with Gasteiger partial charge in [-0.25, -0.2) is 4.39 Å². The molecule has 1 unspecified atom stereocenters. The molecule has 0 bridgehead atoms. The van der Waals surface area contributed by atoms with E-state index in [2.05, 4.69) is 0 Å². The third-order valence-corrected chi connectivity index (χ3v) is 3.69. The summed E-state index contributed by atoms with van der Waals surface area (Å²) in [6, 6.07) is 18.0. The lowest BCUT2D eigenvalue weighted by Gasteiger charge is -2.15. The van der Waals surface area contributed by atoms with Crippen LogP contribution < -0.4 is 0 Å². The maximum Gasteiger partial charge on any atom is 0.147 e. The summed E-state index contributed by atoms with van der Waals surface area (Å²) in [6.07, 6.45) is -1.04. The summed E-state index contributed by atoms with van der Waals surface area (Å²) in [5.74, 6) is -0.574. The molecule has 100 valence electrons. The SMILES string of the molecule is OC(c1cccc(Cl)c1F)c1cccc2ccccc12. The minimum Gasteiger partial charge on any atom is -0.384 e. The Labute approximate surface area is 121 Å². The quantitative estimate of drug-likeness (QED) is 0.723. The van der Waals surface area contributed by atoms with E-state index in [1.165, 1.54) is 6.07 Å². The van der Waals surface area contributed by atoms with Crippen molar-refractivity contribution in [3.63, 3.8) is 0 Å². The number of benzene rings is 3. The third kappa shape index (κ3) is 2.17. The summed E-state index contributed by atoms with van der Waals surface area (Å²) in [5.41, 5.74) is 0.859. The number of fused-ring (bicyclic) bond motifs is 1. The van der Waals surface area contributed by atoms with Gasteiger partial charge in [0.2, 0.25) is 0 Å². The van der Waals surface area contributed by atoms with E-state index < -0.39 is 11.9 Å². The summed E-state index contributed by atoms with van der Waals surface area (Å²) < 4.78 is 14.0. The lowest BCUT2D eigenvalue weighted by molar-refractivity contribution is 0.216. The minimum absolute atomic E-state index is 0.0155. The van der Waals surface area contributed by atoms with E-state index >= 15 is 0 Å². The molecule has 0 amide bonds. The topological polar surface area (TPSA) is 20.2 Å². The molecular formula is C17H12ClFO. The molecule has 0 radical (unpaired) electrons. The Morgan fingerprint density at radius 3 is 2.35 bits per heavy atom. The number of aliphatic hydroxyl groups is 1. The van der Waals surface area contributed by atoms with Crippen LogP contribution in [0, 0.1) is 5.82 Å². The highest BCUT2D eigenvalue weighted by molar-refractivity contribution is 6.30. The van der Waals surface area contributed by atoms with Crippen molar-refractivity contribution in [1.29, 1.82) is 0 Å². The molecule has 0 saturated carbocycles. The van der Waals surface area contributed by atoms with Crippen LogP contribution in [0.3, 0.4) is 0 Å². The second kappa shape index (κ2) is 5.23. The van der Waals surface area contributed by atoms with E-state index in [-0.39, 0.29) is 10.6 Å². The number of aliphatic hydroxyl groups excluding tert-OH is 1. The van der Waals surface area contributed by atoms with Gasteiger partial charge in [-0.3, -0.25) is 0 Å². The molecule has 1 N–H and O–H groups in total. The van der Waals surface area contributed by atoms with Crippen molar-refractivity contribution < 1.29 is 9.50 Å². The smallest absolute Gasteiger partial charge is 0.147 e. The van der Waals surface area contributed by atoms with E-state index in [1.807, 2.05) is 36.4 Å². The minimum atomic E-state index is -1.04. The fourth-order valence-electron chi connectivity index (χ4n) is 2.39. The highest BCUT2D eigenvalue weighted by atomic mass is 35.5. The average Bonchev–Trinajstić information content (AvgIpc) is 2.49. The lowest BCUT2D eigenvalue weighted by atomic mass is 9.95. The Bertz CT molecular complexity index is 765. The molecule has 0 heterocycles. The van der Waals surface area contributed by atoms with Crippen LogP contribution in [-0.4, -0.2) is 5.11 Å². The van der Waals surface area contributed by atoms with Crippen LogP contribution in [0.1, 0.15) is 17.2 Å². The van der Waals surface area contributed by atoms with Crippen LogP contribution in [0.5, 0.6) is 0 Å². The number of halogens is 2. The summed E-state index contributed by atoms with van der Waals surface area (Å²) in [5, 5.41) is 12.4. The van der Waals surface area contributed by atoms with Crippen LogP contribution in [0.2, 0.25) is 5.02 Å². The Balaban J connectivity index is 2.18. The molecule has 3 aromatic carbocycles. The molecule has 1 nitrogen and oxygen atoms in total. The van der Waals surface area contributed by atoms with Crippen molar-refractivity contribution in [3.8, 4) is 0 Å². The third-order valence-electron chi connectivity index (χ3n) is 3.39. The van der Waals surface area contributed by atoms with Gasteiger partial charge in [-0.1, -0.05) is 66.2 Å². The van der Waals surface area contributed by atoms with Gasteiger partial charge < -0.3 is 5.11 Å². The normalized spacial score (nSPS) is 12.6. The van der Waals surface area contributed by atoms with Crippen LogP contribution in [0.15, 0.2) is 60.7 Å². The van der Waals surface area contributed by atoms with Gasteiger partial charge in [0.25, 0.3) is 0 Å². The zero-order chi connectivity index (χ0) is 14.1. The van der Waals surface area contributed by atoms with Gasteiger partial charge in [0.05, 0.1) is 5.02 Å². The highest BCUT2D eigenvalue weighted by Crippen LogP contribution is 2.32. The molecule has 0 saturated heterocycles. The zero-order valence-electron chi connectivity index (χ0n) is 10.6. The number of hydrogen-bond donors (Lipinski definition) is 1. The molecular weight excluding hydrogens is 275 g/mol. The summed E-state index contributed by atoms with van der Waals surface area (Å²) in [6.45, 7) is 0. The van der Waals surface area contributed by atoms with Crippen LogP contribution >= 0.6 is 11.6 Å². The number of rotatable bonds is 2. The van der Waals surface area contributed by atoms with Crippen molar-refractivity contribution in [2.45, 2.75) is 6.10 Å². The average molecular weight is 287 g/mol. The van der Waals surface area contributed by atoms with Crippen molar-refractivity contribution in [1.82, 2.24) is 0 Å². The van der Waals surface area contributed by atoms with E-state index in [9.17, 15) is 9.50 Å². The molecule has 20 heavy (non-hydrogen) atoms. The predicted octanol–water partition coefficient (Wildman–Crippen LogP) is 4.71. The first-order valence-electron chi connectivity index (χ1n) is 6.28. The second-order valence-corrected chi connectivity index (χ2v) is 5.02. The van der Waals surface area contributed by atoms with Crippen molar-refractivity contribution in [2.24, 2.45) is 0 Å². The second-order valence-electron chi connectivity index (χ2n) is 4.61. The molecule has 3 aromatic rings. The Morgan fingerprint density at radius 2 is 1.50 bits per heavy atom. The first kappa shape index (κ1) is 13.1. The van der Waals surface area contributed by atoms with E-state index in [4.69, 9.17) is 11.6 Å². The molecule has 0 spiro atoms. The summed E-state index contributed by atoms with van der Waals surface area (Å²) in [7, 11) is 0. The molecule has 3 heteroatoms. The standard InChI is InChI=1S/C17H12ClFO/c18-15-10-4-9-14(16(15)19)17(20)13-8-3-6-11-5-1-2-7-12(11)13/h1-10,17,20H. The Morgan fingerprint density at radius 1 is 0.850 bits per heavy atom. The first-order chi connectivity index (χ1) is 9.68. The van der Waals surface area contributed by atoms with Gasteiger partial charge in [-0.05, 0) is 22.4 Å². The molecule has 0 aliphatic carbocycles. The van der Waals surface area contributed by atoms with Gasteiger partial charge in [-0.2, -0.15) is 0 Å². The molecule has 1 atom stereocenters. The summed E-state index contributed by atoms with van der Waals surface area (Å²) >= 11 is 5.78. The van der Waals surface area contributed by atoms with E-state index in [1.54, 1.807) is 18.2 Å². The number of hydrogen-bond acceptors (Lipinski definition) is 1. The maximum absolute atomic E-state index is 14.0. The Hall–Kier alpha value is -1.90. The first-order valence-corrected chi connectivity index (χ1v) is 6.66. The predicted molar refractivity (Wildman–Crippen MR) is 79.4 cm³/mol. The largest absolute Gasteiger partial charge is 0.384 e. The van der Waals surface area contributed by atoms with Gasteiger partial charge in [-0.15, -0.1) is 0 Å². The Kier molecular flexibility index (Phi) is 3.43. The van der Waals surface area contributed by atoms with Gasteiger partial charge in [0.15, 0.2) is 0 Å². The van der Waals surface area contributed by atoms with Crippen molar-refractivity contribution in [2.75, 3.05) is 0 Å². The van der Waals surface area contributed by atoms with E-state index in [0.717, 1.165) is 10.8 Å². The monoisotopic (exact) mass is 286 g/mol. The van der Waals surface area contributed by atoms with Gasteiger partial charge in [0.1, 0.15) is 11.9 Å². The van der Waals surface area contributed by atoms with Crippen molar-refractivity contribution in [3.05, 3.63) is 82.6 Å². The van der Waals surface area contributed by atoms with Crippen molar-refractivity contribution >= 4 is 22.4 Å².